The fourth-order valence-electron chi connectivity index (χ4n) is 1.62. The maximum absolute atomic E-state index is 11.7. The lowest BCUT2D eigenvalue weighted by atomic mass is 10.0. The molecule has 0 aromatic carbocycles. The van der Waals surface area contributed by atoms with Gasteiger partial charge in [-0.25, -0.2) is 14.4 Å². The van der Waals surface area contributed by atoms with E-state index in [4.69, 9.17) is 37.7 Å². The summed E-state index contributed by atoms with van der Waals surface area (Å²) in [7, 11) is 15.8. The monoisotopic (exact) mass is 490 g/mol. The van der Waals surface area contributed by atoms with E-state index in [0.29, 0.717) is 4.55 Å². The first-order valence-corrected chi connectivity index (χ1v) is 9.58. The van der Waals surface area contributed by atoms with Crippen molar-refractivity contribution >= 4 is 64.4 Å². The molecule has 0 bridgehead atoms. The van der Waals surface area contributed by atoms with Gasteiger partial charge in [-0.3, -0.25) is 5.32 Å². The molecule has 6 radical (unpaired) electrons. The second-order valence-corrected chi connectivity index (χ2v) is 5.89. The van der Waals surface area contributed by atoms with Gasteiger partial charge in [0, 0.05) is 17.6 Å². The number of carbonyl (C=O) groups is 3. The normalized spacial score (nSPS) is 10.6. The Morgan fingerprint density at radius 1 is 0.778 bits per heavy atom. The fourth-order valence-corrected chi connectivity index (χ4v) is 2.42. The maximum atomic E-state index is 11.7. The average Bonchev–Trinajstić information content (AvgIpc) is 2.66. The van der Waals surface area contributed by atoms with Gasteiger partial charge in [0.2, 0.25) is 0 Å². The van der Waals surface area contributed by atoms with Crippen molar-refractivity contribution in [3.8, 4) is 0 Å². The number of hydrogen-bond donors (Lipinski definition) is 4. The van der Waals surface area contributed by atoms with Crippen molar-refractivity contribution in [3.63, 3.8) is 0 Å². The molecule has 3 amide bonds. The molecule has 0 rings (SSSR count). The van der Waals surface area contributed by atoms with E-state index in [1.807, 2.05) is 22.6 Å². The van der Waals surface area contributed by atoms with E-state index in [1.165, 1.54) is 0 Å². The number of nitrogens with one attached hydrogen (secondary N) is 4. The van der Waals surface area contributed by atoms with Crippen LogP contribution >= 0.6 is 22.6 Å². The predicted molar refractivity (Wildman–Crippen MR) is 110 cm³/mol. The van der Waals surface area contributed by atoms with Gasteiger partial charge in [0.05, 0.1) is 23.5 Å². The second-order valence-electron chi connectivity index (χ2n) is 5.13. The van der Waals surface area contributed by atoms with E-state index in [1.54, 1.807) is 0 Å². The van der Waals surface area contributed by atoms with E-state index in [-0.39, 0.29) is 52.0 Å². The topological polar surface area (TPSA) is 127 Å². The highest BCUT2D eigenvalue weighted by Gasteiger charge is 2.35. The van der Waals surface area contributed by atoms with Gasteiger partial charge in [-0.1, -0.05) is 35.2 Å². The lowest BCUT2D eigenvalue weighted by Gasteiger charge is -2.32. The van der Waals surface area contributed by atoms with Gasteiger partial charge in [-0.05, 0) is 6.44 Å². The molecule has 0 aromatic rings. The summed E-state index contributed by atoms with van der Waals surface area (Å²) in [6.07, 6.45) is -1.80. The SMILES string of the molecule is [B]CCNC(=O)OCC(COC(=O)NC[B])(COC(=O)NCC[B])NCI. The zero-order valence-corrected chi connectivity index (χ0v) is 17.1. The minimum atomic E-state index is -1.17. The van der Waals surface area contributed by atoms with Crippen molar-refractivity contribution in [2.45, 2.75) is 18.2 Å². The Kier molecular flexibility index (Phi) is 15.0. The third-order valence-corrected chi connectivity index (χ3v) is 3.34. The van der Waals surface area contributed by atoms with Crippen molar-refractivity contribution in [1.29, 1.82) is 0 Å². The van der Waals surface area contributed by atoms with Crippen molar-refractivity contribution in [2.24, 2.45) is 0 Å². The standard InChI is InChI=1S/C13H22B3IN4O6/c14-1-3-18-10(22)25-5-13(21-9-17,7-27-12(24)20-8-16)6-26-11(23)19-4-2-15/h21H,1-9H2,(H,18,22)(H,19,23)(H,20,24). The van der Waals surface area contributed by atoms with Crippen molar-refractivity contribution in [2.75, 3.05) is 43.9 Å². The molecule has 0 aliphatic heterocycles. The van der Waals surface area contributed by atoms with Crippen LogP contribution in [0.3, 0.4) is 0 Å². The molecule has 0 saturated heterocycles. The van der Waals surface area contributed by atoms with Gasteiger partial charge in [0.15, 0.2) is 0 Å². The summed E-state index contributed by atoms with van der Waals surface area (Å²) in [5.74, 6) is 0. The van der Waals surface area contributed by atoms with Crippen LogP contribution in [0.2, 0.25) is 12.6 Å². The summed E-state index contributed by atoms with van der Waals surface area (Å²) in [5.41, 5.74) is -1.17. The minimum absolute atomic E-state index is 0.110. The van der Waals surface area contributed by atoms with Crippen LogP contribution in [0.4, 0.5) is 14.4 Å². The van der Waals surface area contributed by atoms with E-state index in [9.17, 15) is 14.4 Å². The average molecular weight is 490 g/mol. The van der Waals surface area contributed by atoms with Gasteiger partial charge in [0.25, 0.3) is 0 Å². The molecule has 0 fully saturated rings. The number of alkyl halides is 1. The molecule has 27 heavy (non-hydrogen) atoms. The van der Waals surface area contributed by atoms with Crippen LogP contribution in [0.1, 0.15) is 0 Å². The van der Waals surface area contributed by atoms with Gasteiger partial charge < -0.3 is 30.2 Å². The van der Waals surface area contributed by atoms with Gasteiger partial charge in [0.1, 0.15) is 25.4 Å². The second kappa shape index (κ2) is 15.7. The molecule has 0 spiro atoms. The largest absolute Gasteiger partial charge is 0.447 e. The lowest BCUT2D eigenvalue weighted by Crippen LogP contribution is -2.58. The molecule has 0 unspecified atom stereocenters. The summed E-state index contributed by atoms with van der Waals surface area (Å²) < 4.78 is 15.7. The van der Waals surface area contributed by atoms with E-state index < -0.39 is 23.8 Å². The summed E-state index contributed by atoms with van der Waals surface area (Å²) in [6.45, 7) is -0.271. The number of rotatable bonds is 13. The number of alkyl carbamates (subject to hydrolysis) is 3. The van der Waals surface area contributed by atoms with Gasteiger partial charge >= 0.3 is 18.3 Å². The smallest absolute Gasteiger partial charge is 0.407 e. The highest BCUT2D eigenvalue weighted by Crippen LogP contribution is 2.10. The summed E-state index contributed by atoms with van der Waals surface area (Å²) >= 11 is 2.01. The van der Waals surface area contributed by atoms with Gasteiger partial charge in [-0.15, -0.1) is 0 Å². The Labute approximate surface area is 176 Å². The van der Waals surface area contributed by atoms with Crippen LogP contribution in [0.15, 0.2) is 0 Å². The molecular weight excluding hydrogens is 468 g/mol. The number of ether oxygens (including phenoxy) is 3. The number of hydrogen-bond acceptors (Lipinski definition) is 7. The molecule has 0 aromatic heterocycles. The van der Waals surface area contributed by atoms with Crippen LogP contribution in [0.25, 0.3) is 0 Å². The van der Waals surface area contributed by atoms with Crippen LogP contribution in [0.5, 0.6) is 0 Å². The Bertz CT molecular complexity index is 440. The van der Waals surface area contributed by atoms with E-state index >= 15 is 0 Å². The highest BCUT2D eigenvalue weighted by atomic mass is 127. The third-order valence-electron chi connectivity index (χ3n) is 2.95. The first-order chi connectivity index (χ1) is 12.9. The minimum Gasteiger partial charge on any atom is -0.447 e. The Hall–Kier alpha value is -1.31. The number of amides is 3. The Balaban J connectivity index is 4.97. The molecular formula is C13H22B3IN4O6. The molecule has 4 N–H and O–H groups in total. The summed E-state index contributed by atoms with van der Waals surface area (Å²) in [6, 6.07) is 0. The highest BCUT2D eigenvalue weighted by molar-refractivity contribution is 14.1. The molecule has 0 heterocycles. The molecule has 146 valence electrons. The molecule has 0 aliphatic carbocycles. The van der Waals surface area contributed by atoms with E-state index in [2.05, 4.69) is 21.3 Å². The molecule has 0 atom stereocenters. The van der Waals surface area contributed by atoms with Crippen LogP contribution in [-0.2, 0) is 14.2 Å². The van der Waals surface area contributed by atoms with E-state index in [0.717, 1.165) is 0 Å². The first-order valence-electron chi connectivity index (χ1n) is 8.06. The summed E-state index contributed by atoms with van der Waals surface area (Å²) in [5, 5.41) is 10.1. The van der Waals surface area contributed by atoms with Crippen LogP contribution < -0.4 is 21.3 Å². The first kappa shape index (κ1) is 25.7. The maximum Gasteiger partial charge on any atom is 0.407 e. The van der Waals surface area contributed by atoms with Gasteiger partial charge in [-0.2, -0.15) is 0 Å². The molecule has 10 nitrogen and oxygen atoms in total. The number of carbonyl (C=O) groups excluding carboxylic acids is 3. The zero-order chi connectivity index (χ0) is 20.5. The Morgan fingerprint density at radius 3 is 1.52 bits per heavy atom. The van der Waals surface area contributed by atoms with Crippen LogP contribution in [0, 0.1) is 0 Å². The quantitative estimate of drug-likeness (QED) is 0.0876. The van der Waals surface area contributed by atoms with Crippen molar-refractivity contribution in [3.05, 3.63) is 0 Å². The molecule has 0 aliphatic rings. The fraction of sp³-hybridized carbons (Fsp3) is 0.769. The third kappa shape index (κ3) is 12.7. The number of halogens is 1. The zero-order valence-electron chi connectivity index (χ0n) is 14.9. The summed E-state index contributed by atoms with van der Waals surface area (Å²) in [4.78, 5) is 34.9. The lowest BCUT2D eigenvalue weighted by molar-refractivity contribution is 0.0178. The predicted octanol–water partition coefficient (Wildman–Crippen LogP) is -0.814. The molecule has 0 saturated carbocycles. The Morgan fingerprint density at radius 2 is 1.19 bits per heavy atom. The van der Waals surface area contributed by atoms with Crippen molar-refractivity contribution < 1.29 is 28.6 Å². The van der Waals surface area contributed by atoms with Crippen molar-refractivity contribution in [1.82, 2.24) is 21.3 Å². The molecule has 14 heteroatoms. The van der Waals surface area contributed by atoms with Crippen LogP contribution in [-0.4, -0.2) is 91.3 Å².